The highest BCUT2D eigenvalue weighted by Crippen LogP contribution is 2.25. The Morgan fingerprint density at radius 3 is 2.54 bits per heavy atom. The Labute approximate surface area is 145 Å². The molecule has 0 aliphatic heterocycles. The standard InChI is InChI=1S/C17H14F4N4O/c1-2-9-5-3-4-6-10(9)23-17(26)12-8-14-22-11(15(18)19)7-13(16(20)21)25(14)24-12/h3-8,15-16H,2H2,1H3,(H,23,26). The van der Waals surface area contributed by atoms with E-state index in [4.69, 9.17) is 0 Å². The number of aryl methyl sites for hydroxylation is 1. The smallest absolute Gasteiger partial charge is 0.280 e. The van der Waals surface area contributed by atoms with Gasteiger partial charge in [0.15, 0.2) is 11.3 Å². The molecule has 2 heterocycles. The van der Waals surface area contributed by atoms with Crippen LogP contribution in [0.5, 0.6) is 0 Å². The zero-order valence-electron chi connectivity index (χ0n) is 13.6. The third kappa shape index (κ3) is 3.37. The molecule has 0 fully saturated rings. The lowest BCUT2D eigenvalue weighted by atomic mass is 10.1. The van der Waals surface area contributed by atoms with Crippen LogP contribution in [0.3, 0.4) is 0 Å². The van der Waals surface area contributed by atoms with Crippen LogP contribution in [0.4, 0.5) is 23.2 Å². The van der Waals surface area contributed by atoms with Crippen molar-refractivity contribution in [2.75, 3.05) is 5.32 Å². The molecule has 0 saturated heterocycles. The quantitative estimate of drug-likeness (QED) is 0.680. The second kappa shape index (κ2) is 7.11. The van der Waals surface area contributed by atoms with Gasteiger partial charge in [-0.15, -0.1) is 0 Å². The Bertz CT molecular complexity index is 955. The van der Waals surface area contributed by atoms with E-state index >= 15 is 0 Å². The van der Waals surface area contributed by atoms with Crippen LogP contribution in [0.15, 0.2) is 36.4 Å². The van der Waals surface area contributed by atoms with Crippen LogP contribution in [0.1, 0.15) is 47.2 Å². The predicted molar refractivity (Wildman–Crippen MR) is 86.7 cm³/mol. The number of aromatic nitrogens is 3. The summed E-state index contributed by atoms with van der Waals surface area (Å²) in [5.41, 5.74) is -0.540. The van der Waals surface area contributed by atoms with Crippen molar-refractivity contribution in [1.29, 1.82) is 0 Å². The Morgan fingerprint density at radius 1 is 1.15 bits per heavy atom. The fraction of sp³-hybridized carbons (Fsp3) is 0.235. The average molecular weight is 366 g/mol. The second-order valence-corrected chi connectivity index (χ2v) is 5.47. The molecule has 0 radical (unpaired) electrons. The summed E-state index contributed by atoms with van der Waals surface area (Å²) >= 11 is 0. The van der Waals surface area contributed by atoms with Gasteiger partial charge in [0, 0.05) is 11.8 Å². The number of rotatable bonds is 5. The molecule has 2 aromatic heterocycles. The van der Waals surface area contributed by atoms with Crippen LogP contribution in [-0.4, -0.2) is 20.5 Å². The van der Waals surface area contributed by atoms with E-state index in [-0.39, 0.29) is 11.3 Å². The molecule has 26 heavy (non-hydrogen) atoms. The van der Waals surface area contributed by atoms with E-state index in [0.29, 0.717) is 22.7 Å². The maximum Gasteiger partial charge on any atom is 0.280 e. The van der Waals surface area contributed by atoms with E-state index in [1.165, 1.54) is 0 Å². The predicted octanol–water partition coefficient (Wildman–Crippen LogP) is 4.42. The lowest BCUT2D eigenvalue weighted by Crippen LogP contribution is -2.14. The van der Waals surface area contributed by atoms with Crippen molar-refractivity contribution in [3.63, 3.8) is 0 Å². The highest BCUT2D eigenvalue weighted by atomic mass is 19.3. The van der Waals surface area contributed by atoms with Crippen molar-refractivity contribution in [1.82, 2.24) is 14.6 Å². The number of hydrogen-bond donors (Lipinski definition) is 1. The van der Waals surface area contributed by atoms with Crippen LogP contribution >= 0.6 is 0 Å². The zero-order chi connectivity index (χ0) is 18.8. The number of amides is 1. The molecule has 0 unspecified atom stereocenters. The Balaban J connectivity index is 2.00. The number of nitrogens with zero attached hydrogens (tertiary/aromatic N) is 3. The van der Waals surface area contributed by atoms with Gasteiger partial charge in [0.25, 0.3) is 18.8 Å². The van der Waals surface area contributed by atoms with Gasteiger partial charge in [-0.1, -0.05) is 25.1 Å². The van der Waals surface area contributed by atoms with Gasteiger partial charge >= 0.3 is 0 Å². The number of para-hydroxylation sites is 1. The normalized spacial score (nSPS) is 11.5. The van der Waals surface area contributed by atoms with Crippen molar-refractivity contribution in [2.24, 2.45) is 0 Å². The molecule has 0 aliphatic rings. The first-order chi connectivity index (χ1) is 12.4. The number of benzene rings is 1. The minimum Gasteiger partial charge on any atom is -0.320 e. The summed E-state index contributed by atoms with van der Waals surface area (Å²) < 4.78 is 52.7. The molecule has 1 N–H and O–H groups in total. The maximum absolute atomic E-state index is 13.2. The highest BCUT2D eigenvalue weighted by molar-refractivity contribution is 6.03. The van der Waals surface area contributed by atoms with Crippen molar-refractivity contribution < 1.29 is 22.4 Å². The van der Waals surface area contributed by atoms with Crippen LogP contribution in [-0.2, 0) is 6.42 Å². The van der Waals surface area contributed by atoms with E-state index in [9.17, 15) is 22.4 Å². The number of hydrogen-bond acceptors (Lipinski definition) is 3. The number of fused-ring (bicyclic) bond motifs is 1. The molecular formula is C17H14F4N4O. The number of alkyl halides is 4. The largest absolute Gasteiger partial charge is 0.320 e. The van der Waals surface area contributed by atoms with Gasteiger partial charge in [-0.05, 0) is 24.1 Å². The Hall–Kier alpha value is -2.97. The van der Waals surface area contributed by atoms with Gasteiger partial charge in [-0.25, -0.2) is 27.1 Å². The van der Waals surface area contributed by atoms with E-state index in [2.05, 4.69) is 15.4 Å². The number of anilines is 1. The number of carbonyl (C=O) groups is 1. The molecule has 136 valence electrons. The van der Waals surface area contributed by atoms with Gasteiger partial charge in [-0.2, -0.15) is 5.10 Å². The molecule has 1 amide bonds. The van der Waals surface area contributed by atoms with Crippen LogP contribution in [0.2, 0.25) is 0 Å². The van der Waals surface area contributed by atoms with Gasteiger partial charge in [0.1, 0.15) is 11.4 Å². The molecule has 0 bridgehead atoms. The third-order valence-corrected chi connectivity index (χ3v) is 3.80. The minimum atomic E-state index is -3.05. The molecule has 3 aromatic rings. The SMILES string of the molecule is CCc1ccccc1NC(=O)c1cc2nc(C(F)F)cc(C(F)F)n2n1. The van der Waals surface area contributed by atoms with Crippen molar-refractivity contribution >= 4 is 17.2 Å². The van der Waals surface area contributed by atoms with Gasteiger partial charge < -0.3 is 5.32 Å². The number of nitrogens with one attached hydrogen (secondary N) is 1. The first-order valence-electron chi connectivity index (χ1n) is 7.77. The van der Waals surface area contributed by atoms with E-state index in [0.717, 1.165) is 11.6 Å². The molecular weight excluding hydrogens is 352 g/mol. The maximum atomic E-state index is 13.2. The molecule has 0 spiro atoms. The minimum absolute atomic E-state index is 0.197. The third-order valence-electron chi connectivity index (χ3n) is 3.80. The van der Waals surface area contributed by atoms with Crippen LogP contribution < -0.4 is 5.32 Å². The summed E-state index contributed by atoms with van der Waals surface area (Å²) in [7, 11) is 0. The lowest BCUT2D eigenvalue weighted by molar-refractivity contribution is 0.102. The summed E-state index contributed by atoms with van der Waals surface area (Å²) in [6, 6.07) is 8.79. The number of halogens is 4. The Morgan fingerprint density at radius 2 is 1.88 bits per heavy atom. The van der Waals surface area contributed by atoms with Crippen molar-refractivity contribution in [3.8, 4) is 0 Å². The Kier molecular flexibility index (Phi) is 4.88. The topological polar surface area (TPSA) is 59.3 Å². The van der Waals surface area contributed by atoms with Crippen molar-refractivity contribution in [2.45, 2.75) is 26.2 Å². The molecule has 5 nitrogen and oxygen atoms in total. The molecule has 9 heteroatoms. The molecule has 0 saturated carbocycles. The van der Waals surface area contributed by atoms with E-state index < -0.39 is 30.1 Å². The van der Waals surface area contributed by atoms with Gasteiger partial charge in [0.05, 0.1) is 0 Å². The fourth-order valence-electron chi connectivity index (χ4n) is 2.53. The fourth-order valence-corrected chi connectivity index (χ4v) is 2.53. The number of carbonyl (C=O) groups excluding carboxylic acids is 1. The molecule has 3 rings (SSSR count). The average Bonchev–Trinajstić information content (AvgIpc) is 3.05. The zero-order valence-corrected chi connectivity index (χ0v) is 13.6. The molecule has 0 aliphatic carbocycles. The summed E-state index contributed by atoms with van der Waals surface area (Å²) in [5, 5.41) is 6.45. The summed E-state index contributed by atoms with van der Waals surface area (Å²) in [6.45, 7) is 1.92. The first-order valence-corrected chi connectivity index (χ1v) is 7.77. The van der Waals surface area contributed by atoms with Gasteiger partial charge in [-0.3, -0.25) is 4.79 Å². The monoisotopic (exact) mass is 366 g/mol. The van der Waals surface area contributed by atoms with Crippen molar-refractivity contribution in [3.05, 3.63) is 59.0 Å². The van der Waals surface area contributed by atoms with Crippen LogP contribution in [0.25, 0.3) is 5.65 Å². The second-order valence-electron chi connectivity index (χ2n) is 5.47. The lowest BCUT2D eigenvalue weighted by Gasteiger charge is -2.08. The van der Waals surface area contributed by atoms with Crippen LogP contribution in [0, 0.1) is 0 Å². The van der Waals surface area contributed by atoms with Gasteiger partial charge in [0.2, 0.25) is 0 Å². The summed E-state index contributed by atoms with van der Waals surface area (Å²) in [4.78, 5) is 16.0. The van der Waals surface area contributed by atoms with E-state index in [1.54, 1.807) is 12.1 Å². The summed E-state index contributed by atoms with van der Waals surface area (Å²) in [5.74, 6) is -0.643. The highest BCUT2D eigenvalue weighted by Gasteiger charge is 2.22. The molecule has 1 aromatic carbocycles. The summed E-state index contributed by atoms with van der Waals surface area (Å²) in [6.07, 6.45) is -5.38. The van der Waals surface area contributed by atoms with E-state index in [1.807, 2.05) is 19.1 Å². The molecule has 0 atom stereocenters. The first kappa shape index (κ1) is 17.8.